The molecule has 0 aliphatic heterocycles. The van der Waals surface area contributed by atoms with E-state index in [0.717, 1.165) is 28.8 Å². The Morgan fingerprint density at radius 2 is 2.05 bits per heavy atom. The summed E-state index contributed by atoms with van der Waals surface area (Å²) in [5, 5.41) is 0. The zero-order valence-electron chi connectivity index (χ0n) is 11.1. The molecule has 0 aliphatic rings. The molecule has 0 saturated carbocycles. The highest BCUT2D eigenvalue weighted by Crippen LogP contribution is 2.24. The van der Waals surface area contributed by atoms with Gasteiger partial charge in [0.2, 0.25) is 5.95 Å². The molecule has 1 aromatic carbocycles. The molecule has 4 heteroatoms. The number of benzene rings is 1. The van der Waals surface area contributed by atoms with Crippen molar-refractivity contribution in [3.05, 3.63) is 47.7 Å². The quantitative estimate of drug-likeness (QED) is 0.763. The number of aromatic nitrogens is 3. The SMILES string of the molecule is CCc1ccccc1-n1c(N)nc2cc(C)cnc21. The number of rotatable bonds is 2. The van der Waals surface area contributed by atoms with Gasteiger partial charge in [-0.3, -0.25) is 4.57 Å². The number of imidazole rings is 1. The molecule has 0 saturated heterocycles. The average Bonchev–Trinajstić information content (AvgIpc) is 2.73. The third-order valence-electron chi connectivity index (χ3n) is 3.27. The molecule has 0 aliphatic carbocycles. The van der Waals surface area contributed by atoms with Crippen molar-refractivity contribution in [1.82, 2.24) is 14.5 Å². The highest BCUT2D eigenvalue weighted by molar-refractivity contribution is 5.77. The normalized spacial score (nSPS) is 11.1. The first-order chi connectivity index (χ1) is 9.20. The Morgan fingerprint density at radius 1 is 1.26 bits per heavy atom. The molecule has 0 unspecified atom stereocenters. The van der Waals surface area contributed by atoms with Gasteiger partial charge in [0, 0.05) is 6.20 Å². The van der Waals surface area contributed by atoms with E-state index in [-0.39, 0.29) is 0 Å². The zero-order valence-corrected chi connectivity index (χ0v) is 11.1. The van der Waals surface area contributed by atoms with E-state index in [2.05, 4.69) is 29.0 Å². The monoisotopic (exact) mass is 252 g/mol. The summed E-state index contributed by atoms with van der Waals surface area (Å²) in [6.45, 7) is 4.13. The zero-order chi connectivity index (χ0) is 13.4. The molecule has 0 spiro atoms. The van der Waals surface area contributed by atoms with Crippen LogP contribution in [0.1, 0.15) is 18.1 Å². The molecular formula is C15H16N4. The van der Waals surface area contributed by atoms with Crippen LogP contribution < -0.4 is 5.73 Å². The maximum Gasteiger partial charge on any atom is 0.207 e. The Balaban J connectivity index is 2.33. The second-order valence-electron chi connectivity index (χ2n) is 4.64. The van der Waals surface area contributed by atoms with Crippen LogP contribution in [0.2, 0.25) is 0 Å². The van der Waals surface area contributed by atoms with E-state index < -0.39 is 0 Å². The van der Waals surface area contributed by atoms with E-state index in [1.54, 1.807) is 0 Å². The molecule has 0 fully saturated rings. The highest BCUT2D eigenvalue weighted by Gasteiger charge is 2.13. The van der Waals surface area contributed by atoms with Gasteiger partial charge in [0.05, 0.1) is 5.69 Å². The Kier molecular flexibility index (Phi) is 2.71. The van der Waals surface area contributed by atoms with Gasteiger partial charge in [-0.05, 0) is 36.6 Å². The van der Waals surface area contributed by atoms with Gasteiger partial charge in [0.15, 0.2) is 5.65 Å². The third-order valence-corrected chi connectivity index (χ3v) is 3.27. The highest BCUT2D eigenvalue weighted by atomic mass is 15.2. The van der Waals surface area contributed by atoms with Crippen molar-refractivity contribution in [1.29, 1.82) is 0 Å². The molecule has 3 aromatic rings. The predicted octanol–water partition coefficient (Wildman–Crippen LogP) is 2.87. The van der Waals surface area contributed by atoms with E-state index in [1.807, 2.05) is 35.9 Å². The number of fused-ring (bicyclic) bond motifs is 1. The van der Waals surface area contributed by atoms with Crippen LogP contribution >= 0.6 is 0 Å². The fraction of sp³-hybridized carbons (Fsp3) is 0.200. The Hall–Kier alpha value is -2.36. The summed E-state index contributed by atoms with van der Waals surface area (Å²) in [5.74, 6) is 0.481. The van der Waals surface area contributed by atoms with Gasteiger partial charge < -0.3 is 5.73 Å². The first kappa shape index (κ1) is 11.7. The molecular weight excluding hydrogens is 236 g/mol. The lowest BCUT2D eigenvalue weighted by molar-refractivity contribution is 1.02. The Bertz CT molecular complexity index is 743. The summed E-state index contributed by atoms with van der Waals surface area (Å²) in [6, 6.07) is 10.2. The van der Waals surface area contributed by atoms with Gasteiger partial charge in [-0.15, -0.1) is 0 Å². The largest absolute Gasteiger partial charge is 0.369 e. The lowest BCUT2D eigenvalue weighted by atomic mass is 10.1. The number of nitrogens with two attached hydrogens (primary N) is 1. The first-order valence-corrected chi connectivity index (χ1v) is 6.39. The van der Waals surface area contributed by atoms with Crippen LogP contribution in [0.25, 0.3) is 16.9 Å². The number of anilines is 1. The number of para-hydroxylation sites is 1. The third kappa shape index (κ3) is 1.85. The molecule has 0 amide bonds. The van der Waals surface area contributed by atoms with Gasteiger partial charge in [-0.25, -0.2) is 9.97 Å². The molecule has 0 bridgehead atoms. The summed E-state index contributed by atoms with van der Waals surface area (Å²) in [7, 11) is 0. The van der Waals surface area contributed by atoms with Crippen molar-refractivity contribution < 1.29 is 0 Å². The first-order valence-electron chi connectivity index (χ1n) is 6.39. The van der Waals surface area contributed by atoms with E-state index in [9.17, 15) is 0 Å². The molecule has 0 radical (unpaired) electrons. The molecule has 0 atom stereocenters. The molecule has 2 heterocycles. The van der Waals surface area contributed by atoms with Crippen LogP contribution in [0.3, 0.4) is 0 Å². The topological polar surface area (TPSA) is 56.7 Å². The number of nitrogens with zero attached hydrogens (tertiary/aromatic N) is 3. The van der Waals surface area contributed by atoms with Crippen molar-refractivity contribution in [3.63, 3.8) is 0 Å². The van der Waals surface area contributed by atoms with Crippen LogP contribution in [-0.2, 0) is 6.42 Å². The molecule has 2 aromatic heterocycles. The lowest BCUT2D eigenvalue weighted by Gasteiger charge is -2.10. The summed E-state index contributed by atoms with van der Waals surface area (Å²) in [6.07, 6.45) is 2.79. The molecule has 2 N–H and O–H groups in total. The summed E-state index contributed by atoms with van der Waals surface area (Å²) < 4.78 is 1.92. The van der Waals surface area contributed by atoms with Crippen molar-refractivity contribution in [2.24, 2.45) is 0 Å². The van der Waals surface area contributed by atoms with Crippen LogP contribution in [0.4, 0.5) is 5.95 Å². The van der Waals surface area contributed by atoms with Crippen molar-refractivity contribution >= 4 is 17.1 Å². The van der Waals surface area contributed by atoms with E-state index in [4.69, 9.17) is 5.73 Å². The molecule has 3 rings (SSSR count). The lowest BCUT2D eigenvalue weighted by Crippen LogP contribution is -2.04. The van der Waals surface area contributed by atoms with Gasteiger partial charge >= 0.3 is 0 Å². The summed E-state index contributed by atoms with van der Waals surface area (Å²) in [4.78, 5) is 8.88. The minimum absolute atomic E-state index is 0.481. The van der Waals surface area contributed by atoms with E-state index in [1.165, 1.54) is 5.56 Å². The van der Waals surface area contributed by atoms with Gasteiger partial charge in [-0.2, -0.15) is 0 Å². The number of hydrogen-bond donors (Lipinski definition) is 1. The molecule has 19 heavy (non-hydrogen) atoms. The van der Waals surface area contributed by atoms with Crippen molar-refractivity contribution in [3.8, 4) is 5.69 Å². The van der Waals surface area contributed by atoms with Crippen LogP contribution in [0.15, 0.2) is 36.5 Å². The standard InChI is InChI=1S/C15H16N4/c1-3-11-6-4-5-7-13(11)19-14-12(18-15(19)16)8-10(2)9-17-14/h4-9H,3H2,1-2H3,(H2,16,18). The Labute approximate surface area is 111 Å². The van der Waals surface area contributed by atoms with E-state index in [0.29, 0.717) is 5.95 Å². The van der Waals surface area contributed by atoms with E-state index >= 15 is 0 Å². The molecule has 96 valence electrons. The minimum atomic E-state index is 0.481. The van der Waals surface area contributed by atoms with Gasteiger partial charge in [0.1, 0.15) is 5.52 Å². The van der Waals surface area contributed by atoms with Crippen molar-refractivity contribution in [2.45, 2.75) is 20.3 Å². The number of hydrogen-bond acceptors (Lipinski definition) is 3. The smallest absolute Gasteiger partial charge is 0.207 e. The second-order valence-corrected chi connectivity index (χ2v) is 4.64. The fourth-order valence-corrected chi connectivity index (χ4v) is 2.35. The number of nitrogen functional groups attached to an aromatic ring is 1. The maximum atomic E-state index is 6.07. The summed E-state index contributed by atoms with van der Waals surface area (Å²) >= 11 is 0. The van der Waals surface area contributed by atoms with Crippen LogP contribution in [0.5, 0.6) is 0 Å². The van der Waals surface area contributed by atoms with Gasteiger partial charge in [0.25, 0.3) is 0 Å². The molecule has 4 nitrogen and oxygen atoms in total. The van der Waals surface area contributed by atoms with Crippen molar-refractivity contribution in [2.75, 3.05) is 5.73 Å². The minimum Gasteiger partial charge on any atom is -0.369 e. The maximum absolute atomic E-state index is 6.07. The second kappa shape index (κ2) is 4.39. The predicted molar refractivity (Wildman–Crippen MR) is 77.4 cm³/mol. The number of pyridine rings is 1. The van der Waals surface area contributed by atoms with Crippen LogP contribution in [-0.4, -0.2) is 14.5 Å². The number of aryl methyl sites for hydroxylation is 2. The average molecular weight is 252 g/mol. The van der Waals surface area contributed by atoms with Gasteiger partial charge in [-0.1, -0.05) is 25.1 Å². The van der Waals surface area contributed by atoms with Crippen LogP contribution in [0, 0.1) is 6.92 Å². The Morgan fingerprint density at radius 3 is 2.84 bits per heavy atom. The summed E-state index contributed by atoms with van der Waals surface area (Å²) in [5.41, 5.74) is 11.1. The fourth-order valence-electron chi connectivity index (χ4n) is 2.35.